The van der Waals surface area contributed by atoms with Crippen molar-refractivity contribution < 1.29 is 5.11 Å². The van der Waals surface area contributed by atoms with Crippen LogP contribution in [0.25, 0.3) is 0 Å². The van der Waals surface area contributed by atoms with Gasteiger partial charge < -0.3 is 15.3 Å². The van der Waals surface area contributed by atoms with E-state index in [1.807, 2.05) is 12.1 Å². The molecule has 1 aliphatic heterocycles. The Bertz CT molecular complexity index is 490. The van der Waals surface area contributed by atoms with Crippen LogP contribution in [-0.2, 0) is 0 Å². The molecule has 3 nitrogen and oxygen atoms in total. The monoisotopic (exact) mass is 352 g/mol. The molecule has 2 atom stereocenters. The summed E-state index contributed by atoms with van der Waals surface area (Å²) >= 11 is 3.50. The van der Waals surface area contributed by atoms with E-state index in [1.165, 1.54) is 32.4 Å². The molecule has 0 aromatic heterocycles. The Morgan fingerprint density at radius 3 is 2.90 bits per heavy atom. The van der Waals surface area contributed by atoms with E-state index in [0.29, 0.717) is 5.75 Å². The number of likely N-dealkylation sites (tertiary alicyclic amines) is 1. The van der Waals surface area contributed by atoms with E-state index in [0.717, 1.165) is 35.0 Å². The zero-order chi connectivity index (χ0) is 14.8. The maximum absolute atomic E-state index is 10.1. The first-order valence-corrected chi connectivity index (χ1v) is 8.92. The molecule has 0 radical (unpaired) electrons. The fourth-order valence-corrected chi connectivity index (χ4v) is 3.77. The Labute approximate surface area is 135 Å². The highest BCUT2D eigenvalue weighted by Crippen LogP contribution is 2.33. The molecule has 1 aromatic carbocycles. The summed E-state index contributed by atoms with van der Waals surface area (Å²) in [6.07, 6.45) is 5.11. The highest BCUT2D eigenvalue weighted by atomic mass is 79.9. The number of hydrogen-bond donors (Lipinski definition) is 2. The van der Waals surface area contributed by atoms with E-state index in [9.17, 15) is 5.11 Å². The Morgan fingerprint density at radius 2 is 2.19 bits per heavy atom. The summed E-state index contributed by atoms with van der Waals surface area (Å²) in [5, 5.41) is 13.8. The molecule has 2 unspecified atom stereocenters. The van der Waals surface area contributed by atoms with Crippen molar-refractivity contribution in [3.05, 3.63) is 28.2 Å². The van der Waals surface area contributed by atoms with Gasteiger partial charge >= 0.3 is 0 Å². The molecule has 21 heavy (non-hydrogen) atoms. The first-order valence-electron chi connectivity index (χ1n) is 8.13. The van der Waals surface area contributed by atoms with Crippen molar-refractivity contribution in [1.82, 2.24) is 10.2 Å². The largest absolute Gasteiger partial charge is 0.508 e. The lowest BCUT2D eigenvalue weighted by atomic mass is 10.0. The lowest BCUT2D eigenvalue weighted by Gasteiger charge is -2.21. The first-order chi connectivity index (χ1) is 10.2. The number of phenols is 1. The second kappa shape index (κ2) is 6.67. The van der Waals surface area contributed by atoms with Crippen LogP contribution >= 0.6 is 15.9 Å². The van der Waals surface area contributed by atoms with Gasteiger partial charge in [-0.3, -0.25) is 0 Å². The maximum Gasteiger partial charge on any atom is 0.120 e. The summed E-state index contributed by atoms with van der Waals surface area (Å²) in [5.41, 5.74) is 1.00. The summed E-state index contributed by atoms with van der Waals surface area (Å²) in [5.74, 6) is 1.15. The van der Waals surface area contributed by atoms with Crippen LogP contribution in [0.1, 0.15) is 44.2 Å². The average molecular weight is 353 g/mol. The minimum atomic E-state index is 0.234. The van der Waals surface area contributed by atoms with Crippen LogP contribution in [0, 0.1) is 5.92 Å². The molecule has 2 aliphatic rings. The zero-order valence-electron chi connectivity index (χ0n) is 12.7. The van der Waals surface area contributed by atoms with Gasteiger partial charge in [-0.25, -0.2) is 0 Å². The quantitative estimate of drug-likeness (QED) is 0.819. The van der Waals surface area contributed by atoms with Crippen LogP contribution in [-0.4, -0.2) is 35.7 Å². The zero-order valence-corrected chi connectivity index (χ0v) is 14.3. The van der Waals surface area contributed by atoms with Crippen molar-refractivity contribution in [2.75, 3.05) is 19.6 Å². The summed E-state index contributed by atoms with van der Waals surface area (Å²) in [6.45, 7) is 5.74. The predicted molar refractivity (Wildman–Crippen MR) is 89.5 cm³/mol. The fraction of sp³-hybridized carbons (Fsp3) is 0.647. The molecular weight excluding hydrogens is 328 g/mol. The molecule has 116 valence electrons. The van der Waals surface area contributed by atoms with E-state index in [4.69, 9.17) is 0 Å². The average Bonchev–Trinajstić information content (AvgIpc) is 3.23. The van der Waals surface area contributed by atoms with Gasteiger partial charge in [-0.05, 0) is 62.9 Å². The minimum Gasteiger partial charge on any atom is -0.508 e. The van der Waals surface area contributed by atoms with E-state index in [2.05, 4.69) is 33.1 Å². The fourth-order valence-electron chi connectivity index (χ4n) is 3.39. The van der Waals surface area contributed by atoms with Gasteiger partial charge in [0, 0.05) is 28.7 Å². The SMILES string of the molecule is CCC(NCC1CCN(C2CC2)C1)c1cc(Br)ccc1O. The van der Waals surface area contributed by atoms with E-state index >= 15 is 0 Å². The van der Waals surface area contributed by atoms with Crippen LogP contribution in [0.4, 0.5) is 0 Å². The molecule has 1 aliphatic carbocycles. The third kappa shape index (κ3) is 3.79. The maximum atomic E-state index is 10.1. The molecule has 1 saturated heterocycles. The normalized spacial score (nSPS) is 24.4. The van der Waals surface area contributed by atoms with E-state index < -0.39 is 0 Å². The van der Waals surface area contributed by atoms with Gasteiger partial charge in [0.15, 0.2) is 0 Å². The highest BCUT2D eigenvalue weighted by molar-refractivity contribution is 9.10. The molecule has 3 rings (SSSR count). The van der Waals surface area contributed by atoms with Gasteiger partial charge in [0.05, 0.1) is 0 Å². The van der Waals surface area contributed by atoms with Gasteiger partial charge in [0.2, 0.25) is 0 Å². The van der Waals surface area contributed by atoms with Crippen molar-refractivity contribution in [3.63, 3.8) is 0 Å². The second-order valence-corrected chi connectivity index (χ2v) is 7.37. The van der Waals surface area contributed by atoms with Crippen LogP contribution < -0.4 is 5.32 Å². The predicted octanol–water partition coefficient (Wildman–Crippen LogP) is 3.68. The topological polar surface area (TPSA) is 35.5 Å². The number of hydrogen-bond acceptors (Lipinski definition) is 3. The first kappa shape index (κ1) is 15.3. The lowest BCUT2D eigenvalue weighted by Crippen LogP contribution is -2.30. The minimum absolute atomic E-state index is 0.234. The number of phenolic OH excluding ortho intramolecular Hbond substituents is 1. The molecule has 1 saturated carbocycles. The Hall–Kier alpha value is -0.580. The van der Waals surface area contributed by atoms with Gasteiger partial charge in [0.25, 0.3) is 0 Å². The van der Waals surface area contributed by atoms with Crippen molar-refractivity contribution in [2.45, 2.75) is 44.7 Å². The Balaban J connectivity index is 1.56. The van der Waals surface area contributed by atoms with Crippen LogP contribution in [0.15, 0.2) is 22.7 Å². The summed E-state index contributed by atoms with van der Waals surface area (Å²) < 4.78 is 1.02. The lowest BCUT2D eigenvalue weighted by molar-refractivity contribution is 0.308. The number of nitrogens with zero attached hydrogens (tertiary/aromatic N) is 1. The smallest absolute Gasteiger partial charge is 0.120 e. The number of benzene rings is 1. The summed E-state index contributed by atoms with van der Waals surface area (Å²) in [6, 6.07) is 6.81. The molecule has 0 spiro atoms. The van der Waals surface area contributed by atoms with Gasteiger partial charge in [0.1, 0.15) is 5.75 Å². The van der Waals surface area contributed by atoms with E-state index in [-0.39, 0.29) is 6.04 Å². The number of rotatable bonds is 6. The third-order valence-electron chi connectivity index (χ3n) is 4.81. The number of halogens is 1. The molecule has 2 fully saturated rings. The molecule has 0 bridgehead atoms. The Morgan fingerprint density at radius 1 is 1.38 bits per heavy atom. The molecule has 2 N–H and O–H groups in total. The van der Waals surface area contributed by atoms with Crippen molar-refractivity contribution in [3.8, 4) is 5.75 Å². The Kier molecular flexibility index (Phi) is 4.87. The summed E-state index contributed by atoms with van der Waals surface area (Å²) in [4.78, 5) is 2.66. The molecular formula is C17H25BrN2O. The summed E-state index contributed by atoms with van der Waals surface area (Å²) in [7, 11) is 0. The molecule has 1 aromatic rings. The van der Waals surface area contributed by atoms with Gasteiger partial charge in [-0.15, -0.1) is 0 Å². The molecule has 0 amide bonds. The third-order valence-corrected chi connectivity index (χ3v) is 5.30. The highest BCUT2D eigenvalue weighted by Gasteiger charge is 2.34. The number of nitrogens with one attached hydrogen (secondary N) is 1. The van der Waals surface area contributed by atoms with E-state index in [1.54, 1.807) is 6.07 Å². The van der Waals surface area contributed by atoms with Crippen molar-refractivity contribution in [1.29, 1.82) is 0 Å². The van der Waals surface area contributed by atoms with Crippen molar-refractivity contribution >= 4 is 15.9 Å². The van der Waals surface area contributed by atoms with Crippen LogP contribution in [0.5, 0.6) is 5.75 Å². The van der Waals surface area contributed by atoms with Crippen molar-refractivity contribution in [2.24, 2.45) is 5.92 Å². The standard InChI is InChI=1S/C17H25BrN2O/c1-2-16(15-9-13(18)3-6-17(15)21)19-10-12-7-8-20(11-12)14-4-5-14/h3,6,9,12,14,16,19,21H,2,4-5,7-8,10-11H2,1H3. The van der Waals surface area contributed by atoms with Gasteiger partial charge in [-0.2, -0.15) is 0 Å². The molecule has 4 heteroatoms. The molecule has 1 heterocycles. The van der Waals surface area contributed by atoms with Gasteiger partial charge in [-0.1, -0.05) is 22.9 Å². The van der Waals surface area contributed by atoms with Crippen LogP contribution in [0.2, 0.25) is 0 Å². The van der Waals surface area contributed by atoms with Crippen LogP contribution in [0.3, 0.4) is 0 Å². The second-order valence-electron chi connectivity index (χ2n) is 6.45. The number of aromatic hydroxyl groups is 1.